The van der Waals surface area contributed by atoms with E-state index in [0.29, 0.717) is 11.5 Å². The standard InChI is InChI=1S/C20H20N6/c21-13-17-1-2-19(24-14-17)25-10-5-18(6-11-25)20-23-9-12-26(20)15-16-3-7-22-8-4-16/h1-4,7-9,12,14,18H,5-6,10-11,15H2. The molecule has 26 heavy (non-hydrogen) atoms. The second-order valence-electron chi connectivity index (χ2n) is 6.55. The number of nitrogens with zero attached hydrogens (tertiary/aromatic N) is 6. The SMILES string of the molecule is N#Cc1ccc(N2CCC(c3nccn3Cc3ccncc3)CC2)nc1. The van der Waals surface area contributed by atoms with Crippen molar-refractivity contribution in [2.24, 2.45) is 0 Å². The third kappa shape index (κ3) is 3.42. The van der Waals surface area contributed by atoms with Gasteiger partial charge in [-0.3, -0.25) is 4.98 Å². The smallest absolute Gasteiger partial charge is 0.128 e. The van der Waals surface area contributed by atoms with Gasteiger partial charge in [-0.15, -0.1) is 0 Å². The molecular formula is C20H20N6. The van der Waals surface area contributed by atoms with E-state index >= 15 is 0 Å². The van der Waals surface area contributed by atoms with Gasteiger partial charge in [0.05, 0.1) is 5.56 Å². The minimum absolute atomic E-state index is 0.460. The predicted octanol–water partition coefficient (Wildman–Crippen LogP) is 2.98. The number of hydrogen-bond donors (Lipinski definition) is 0. The van der Waals surface area contributed by atoms with Crippen molar-refractivity contribution >= 4 is 5.82 Å². The van der Waals surface area contributed by atoms with Gasteiger partial charge in [0, 0.05) is 56.5 Å². The van der Waals surface area contributed by atoms with Gasteiger partial charge in [0.1, 0.15) is 17.7 Å². The van der Waals surface area contributed by atoms with Crippen LogP contribution in [0.1, 0.15) is 35.7 Å². The van der Waals surface area contributed by atoms with Crippen molar-refractivity contribution in [1.29, 1.82) is 5.26 Å². The monoisotopic (exact) mass is 344 g/mol. The zero-order valence-corrected chi connectivity index (χ0v) is 14.5. The Morgan fingerprint density at radius 1 is 1.04 bits per heavy atom. The molecule has 3 aromatic heterocycles. The van der Waals surface area contributed by atoms with Crippen molar-refractivity contribution in [2.45, 2.75) is 25.3 Å². The molecule has 1 aliphatic heterocycles. The second kappa shape index (κ2) is 7.36. The minimum Gasteiger partial charge on any atom is -0.357 e. The van der Waals surface area contributed by atoms with Crippen LogP contribution in [0.3, 0.4) is 0 Å². The highest BCUT2D eigenvalue weighted by Gasteiger charge is 2.24. The maximum atomic E-state index is 8.89. The maximum absolute atomic E-state index is 8.89. The average molecular weight is 344 g/mol. The fraction of sp³-hybridized carbons (Fsp3) is 0.300. The van der Waals surface area contributed by atoms with Gasteiger partial charge in [-0.2, -0.15) is 5.26 Å². The van der Waals surface area contributed by atoms with E-state index in [4.69, 9.17) is 5.26 Å². The number of imidazole rings is 1. The molecule has 6 nitrogen and oxygen atoms in total. The first-order valence-corrected chi connectivity index (χ1v) is 8.84. The normalized spacial score (nSPS) is 15.0. The number of anilines is 1. The molecule has 0 N–H and O–H groups in total. The molecule has 0 radical (unpaired) electrons. The Morgan fingerprint density at radius 3 is 2.54 bits per heavy atom. The molecule has 1 fully saturated rings. The van der Waals surface area contributed by atoms with Crippen LogP contribution in [-0.4, -0.2) is 32.6 Å². The Kier molecular flexibility index (Phi) is 4.61. The molecule has 0 saturated carbocycles. The Morgan fingerprint density at radius 2 is 1.85 bits per heavy atom. The van der Waals surface area contributed by atoms with Gasteiger partial charge >= 0.3 is 0 Å². The molecule has 0 atom stereocenters. The fourth-order valence-electron chi connectivity index (χ4n) is 3.51. The van der Waals surface area contributed by atoms with E-state index in [1.807, 2.05) is 42.9 Å². The van der Waals surface area contributed by atoms with E-state index < -0.39 is 0 Å². The Bertz CT molecular complexity index is 886. The summed E-state index contributed by atoms with van der Waals surface area (Å²) >= 11 is 0. The van der Waals surface area contributed by atoms with Crippen LogP contribution in [0, 0.1) is 11.3 Å². The van der Waals surface area contributed by atoms with Gasteiger partial charge in [-0.1, -0.05) is 0 Å². The predicted molar refractivity (Wildman–Crippen MR) is 98.7 cm³/mol. The molecule has 0 aromatic carbocycles. The van der Waals surface area contributed by atoms with E-state index in [2.05, 4.69) is 36.7 Å². The molecule has 0 spiro atoms. The number of nitriles is 1. The van der Waals surface area contributed by atoms with Crippen LogP contribution in [-0.2, 0) is 6.54 Å². The lowest BCUT2D eigenvalue weighted by atomic mass is 9.95. The van der Waals surface area contributed by atoms with Crippen LogP contribution in [0.5, 0.6) is 0 Å². The number of piperidine rings is 1. The Hall–Kier alpha value is -3.20. The summed E-state index contributed by atoms with van der Waals surface area (Å²) in [5.74, 6) is 2.57. The molecule has 0 aliphatic carbocycles. The fourth-order valence-corrected chi connectivity index (χ4v) is 3.51. The van der Waals surface area contributed by atoms with Crippen molar-refractivity contribution in [1.82, 2.24) is 19.5 Å². The van der Waals surface area contributed by atoms with E-state index in [1.165, 1.54) is 5.56 Å². The van der Waals surface area contributed by atoms with Crippen LogP contribution in [0.15, 0.2) is 55.2 Å². The van der Waals surface area contributed by atoms with Crippen molar-refractivity contribution in [3.63, 3.8) is 0 Å². The van der Waals surface area contributed by atoms with Gasteiger partial charge in [-0.25, -0.2) is 9.97 Å². The largest absolute Gasteiger partial charge is 0.357 e. The summed E-state index contributed by atoms with van der Waals surface area (Å²) in [4.78, 5) is 15.4. The first kappa shape index (κ1) is 16.3. The molecule has 4 heterocycles. The van der Waals surface area contributed by atoms with Crippen LogP contribution in [0.25, 0.3) is 0 Å². The summed E-state index contributed by atoms with van der Waals surface area (Å²) in [6.07, 6.45) is 11.4. The Labute approximate surface area is 152 Å². The molecule has 130 valence electrons. The van der Waals surface area contributed by atoms with Gasteiger partial charge in [0.15, 0.2) is 0 Å². The van der Waals surface area contributed by atoms with E-state index in [-0.39, 0.29) is 0 Å². The molecule has 1 aliphatic rings. The molecule has 0 amide bonds. The molecule has 0 unspecified atom stereocenters. The lowest BCUT2D eigenvalue weighted by molar-refractivity contribution is 0.468. The van der Waals surface area contributed by atoms with Gasteiger partial charge in [0.2, 0.25) is 0 Å². The Balaban J connectivity index is 1.42. The van der Waals surface area contributed by atoms with Gasteiger partial charge < -0.3 is 9.47 Å². The highest BCUT2D eigenvalue weighted by atomic mass is 15.2. The summed E-state index contributed by atoms with van der Waals surface area (Å²) in [5, 5.41) is 8.89. The zero-order valence-electron chi connectivity index (χ0n) is 14.5. The molecular weight excluding hydrogens is 324 g/mol. The highest BCUT2D eigenvalue weighted by molar-refractivity contribution is 5.42. The highest BCUT2D eigenvalue weighted by Crippen LogP contribution is 2.29. The third-order valence-electron chi connectivity index (χ3n) is 4.91. The molecule has 3 aromatic rings. The van der Waals surface area contributed by atoms with E-state index in [0.717, 1.165) is 44.1 Å². The van der Waals surface area contributed by atoms with E-state index in [9.17, 15) is 0 Å². The topological polar surface area (TPSA) is 70.6 Å². The minimum atomic E-state index is 0.460. The third-order valence-corrected chi connectivity index (χ3v) is 4.91. The number of rotatable bonds is 4. The number of hydrogen-bond acceptors (Lipinski definition) is 5. The summed E-state index contributed by atoms with van der Waals surface area (Å²) in [5.41, 5.74) is 1.83. The lowest BCUT2D eigenvalue weighted by Crippen LogP contribution is -2.34. The first-order chi connectivity index (χ1) is 12.8. The molecule has 6 heteroatoms. The van der Waals surface area contributed by atoms with Crippen LogP contribution in [0.2, 0.25) is 0 Å². The molecule has 1 saturated heterocycles. The maximum Gasteiger partial charge on any atom is 0.128 e. The summed E-state index contributed by atoms with van der Waals surface area (Å²) in [6.45, 7) is 2.73. The van der Waals surface area contributed by atoms with Crippen molar-refractivity contribution in [3.8, 4) is 6.07 Å². The second-order valence-corrected chi connectivity index (χ2v) is 6.55. The van der Waals surface area contributed by atoms with Crippen molar-refractivity contribution in [3.05, 3.63) is 72.2 Å². The van der Waals surface area contributed by atoms with Crippen molar-refractivity contribution in [2.75, 3.05) is 18.0 Å². The van der Waals surface area contributed by atoms with Crippen LogP contribution >= 0.6 is 0 Å². The molecule has 4 rings (SSSR count). The molecule has 0 bridgehead atoms. The van der Waals surface area contributed by atoms with E-state index in [1.54, 1.807) is 6.20 Å². The first-order valence-electron chi connectivity index (χ1n) is 8.84. The zero-order chi connectivity index (χ0) is 17.8. The van der Waals surface area contributed by atoms with Gasteiger partial charge in [0.25, 0.3) is 0 Å². The number of pyridine rings is 2. The summed E-state index contributed by atoms with van der Waals surface area (Å²) < 4.78 is 2.25. The number of aromatic nitrogens is 4. The van der Waals surface area contributed by atoms with Crippen LogP contribution in [0.4, 0.5) is 5.82 Å². The average Bonchev–Trinajstić information content (AvgIpc) is 3.17. The van der Waals surface area contributed by atoms with Crippen LogP contribution < -0.4 is 4.90 Å². The van der Waals surface area contributed by atoms with Gasteiger partial charge in [-0.05, 0) is 42.7 Å². The lowest BCUT2D eigenvalue weighted by Gasteiger charge is -2.32. The summed E-state index contributed by atoms with van der Waals surface area (Å²) in [6, 6.07) is 9.97. The summed E-state index contributed by atoms with van der Waals surface area (Å²) in [7, 11) is 0. The quantitative estimate of drug-likeness (QED) is 0.728. The van der Waals surface area contributed by atoms with Crippen molar-refractivity contribution < 1.29 is 0 Å².